The van der Waals surface area contributed by atoms with Crippen molar-refractivity contribution in [1.82, 2.24) is 4.31 Å². The van der Waals surface area contributed by atoms with E-state index in [1.807, 2.05) is 18.2 Å². The van der Waals surface area contributed by atoms with Gasteiger partial charge in [0.05, 0.1) is 11.3 Å². The number of nitrogens with zero attached hydrogens (tertiary/aromatic N) is 3. The fourth-order valence-electron chi connectivity index (χ4n) is 4.98. The van der Waals surface area contributed by atoms with Gasteiger partial charge >= 0.3 is 0 Å². The number of carbonyl (C=O) groups is 1. The molecule has 0 atom stereocenters. The molecule has 6 nitrogen and oxygen atoms in total. The van der Waals surface area contributed by atoms with Crippen molar-refractivity contribution < 1.29 is 13.2 Å². The minimum absolute atomic E-state index is 0.0268. The summed E-state index contributed by atoms with van der Waals surface area (Å²) in [6.45, 7) is 1.03. The highest BCUT2D eigenvalue weighted by molar-refractivity contribution is 7.89. The molecule has 8 heteroatoms. The zero-order valence-corrected chi connectivity index (χ0v) is 21.4. The summed E-state index contributed by atoms with van der Waals surface area (Å²) in [4.78, 5) is 16.0. The van der Waals surface area contributed by atoms with E-state index in [1.54, 1.807) is 37.2 Å². The number of benzene rings is 3. The van der Waals surface area contributed by atoms with Crippen LogP contribution in [0, 0.1) is 0 Å². The van der Waals surface area contributed by atoms with Crippen molar-refractivity contribution in [2.45, 2.75) is 30.6 Å². The number of hydrogen-bond acceptors (Lipinski definition) is 4. The number of hydrogen-bond donors (Lipinski definition) is 0. The zero-order chi connectivity index (χ0) is 24.7. The molecule has 3 aromatic rings. The second kappa shape index (κ2) is 9.30. The summed E-state index contributed by atoms with van der Waals surface area (Å²) in [6, 6.07) is 19.3. The van der Waals surface area contributed by atoms with Crippen molar-refractivity contribution in [3.05, 3.63) is 82.4 Å². The van der Waals surface area contributed by atoms with Crippen molar-refractivity contribution in [1.29, 1.82) is 0 Å². The molecular weight excluding hydrogens is 482 g/mol. The number of sulfonamides is 1. The van der Waals surface area contributed by atoms with Gasteiger partial charge in [-0.05, 0) is 72.4 Å². The summed E-state index contributed by atoms with van der Waals surface area (Å²) in [7, 11) is -0.348. The number of para-hydroxylation sites is 1. The maximum Gasteiger partial charge on any atom is 0.242 e. The van der Waals surface area contributed by atoms with Crippen LogP contribution in [0.1, 0.15) is 23.1 Å². The quantitative estimate of drug-likeness (QED) is 0.478. The van der Waals surface area contributed by atoms with Gasteiger partial charge in [-0.1, -0.05) is 35.9 Å². The second-order valence-electron chi connectivity index (χ2n) is 9.15. The lowest BCUT2D eigenvalue weighted by molar-refractivity contribution is -0.117. The van der Waals surface area contributed by atoms with Crippen molar-refractivity contribution in [3.63, 3.8) is 0 Å². The monoisotopic (exact) mass is 509 g/mol. The SMILES string of the molecule is CN1C(=O)Cc2cc(S(=O)(=O)N(C)CCCN3c4ccccc4CCc4ccc(Cl)cc43)ccc21. The van der Waals surface area contributed by atoms with Gasteiger partial charge in [0.15, 0.2) is 0 Å². The smallest absolute Gasteiger partial charge is 0.242 e. The van der Waals surface area contributed by atoms with Crippen molar-refractivity contribution >= 4 is 44.6 Å². The molecule has 182 valence electrons. The van der Waals surface area contributed by atoms with Crippen molar-refractivity contribution in [2.24, 2.45) is 0 Å². The molecule has 5 rings (SSSR count). The van der Waals surface area contributed by atoms with Crippen LogP contribution in [-0.2, 0) is 34.1 Å². The number of anilines is 3. The molecule has 0 spiro atoms. The van der Waals surface area contributed by atoms with E-state index >= 15 is 0 Å². The van der Waals surface area contributed by atoms with Crippen LogP contribution >= 0.6 is 11.6 Å². The maximum absolute atomic E-state index is 13.3. The van der Waals surface area contributed by atoms with Crippen LogP contribution in [0.15, 0.2) is 65.6 Å². The van der Waals surface area contributed by atoms with Gasteiger partial charge < -0.3 is 9.80 Å². The molecule has 0 aromatic heterocycles. The Labute approximate surface area is 211 Å². The first-order valence-corrected chi connectivity index (χ1v) is 13.6. The topological polar surface area (TPSA) is 60.9 Å². The maximum atomic E-state index is 13.3. The number of aryl methyl sites for hydroxylation is 2. The molecule has 3 aromatic carbocycles. The second-order valence-corrected chi connectivity index (χ2v) is 11.6. The standard InChI is InChI=1S/C27H28ClN3O3S/c1-29(35(33,34)23-12-13-24-21(16-23)17-27(32)30(24)2)14-5-15-31-25-7-4-3-6-19(25)8-9-20-10-11-22(28)18-26(20)31/h3-4,6-7,10-13,16,18H,5,8-9,14-15,17H2,1-2H3. The first kappa shape index (κ1) is 23.9. The number of halogens is 1. The molecule has 35 heavy (non-hydrogen) atoms. The van der Waals surface area contributed by atoms with Crippen LogP contribution in [0.25, 0.3) is 0 Å². The molecule has 2 aliphatic heterocycles. The predicted octanol–water partition coefficient (Wildman–Crippen LogP) is 4.81. The van der Waals surface area contributed by atoms with Crippen LogP contribution in [-0.4, -0.2) is 45.8 Å². The Morgan fingerprint density at radius 1 is 0.914 bits per heavy atom. The van der Waals surface area contributed by atoms with Gasteiger partial charge in [0, 0.05) is 49.3 Å². The van der Waals surface area contributed by atoms with E-state index < -0.39 is 10.0 Å². The van der Waals surface area contributed by atoms with Gasteiger partial charge in [0.2, 0.25) is 15.9 Å². The van der Waals surface area contributed by atoms with Crippen LogP contribution in [0.5, 0.6) is 0 Å². The van der Waals surface area contributed by atoms with Gasteiger partial charge in [-0.2, -0.15) is 0 Å². The van der Waals surface area contributed by atoms with E-state index in [0.717, 1.165) is 35.5 Å². The molecule has 0 aliphatic carbocycles. The lowest BCUT2D eigenvalue weighted by Crippen LogP contribution is -2.30. The van der Waals surface area contributed by atoms with Gasteiger partial charge in [0.1, 0.15) is 0 Å². The lowest BCUT2D eigenvalue weighted by Gasteiger charge is -2.28. The fraction of sp³-hybridized carbons (Fsp3) is 0.296. The van der Waals surface area contributed by atoms with Crippen molar-refractivity contribution in [3.8, 4) is 0 Å². The summed E-state index contributed by atoms with van der Waals surface area (Å²) >= 11 is 6.35. The van der Waals surface area contributed by atoms with Crippen LogP contribution in [0.2, 0.25) is 5.02 Å². The third-order valence-corrected chi connectivity index (χ3v) is 9.06. The van der Waals surface area contributed by atoms with Crippen LogP contribution < -0.4 is 9.80 Å². The molecule has 0 saturated carbocycles. The Morgan fingerprint density at radius 3 is 2.46 bits per heavy atom. The zero-order valence-electron chi connectivity index (χ0n) is 19.9. The third-order valence-electron chi connectivity index (χ3n) is 6.98. The summed E-state index contributed by atoms with van der Waals surface area (Å²) in [5, 5.41) is 0.688. The van der Waals surface area contributed by atoms with Crippen molar-refractivity contribution in [2.75, 3.05) is 37.0 Å². The van der Waals surface area contributed by atoms with E-state index in [9.17, 15) is 13.2 Å². The van der Waals surface area contributed by atoms with Gasteiger partial charge in [-0.25, -0.2) is 12.7 Å². The molecule has 2 aliphatic rings. The first-order valence-electron chi connectivity index (χ1n) is 11.8. The Hall–Kier alpha value is -2.87. The van der Waals surface area contributed by atoms with E-state index in [-0.39, 0.29) is 17.2 Å². The molecule has 0 fully saturated rings. The van der Waals surface area contributed by atoms with Gasteiger partial charge in [-0.3, -0.25) is 4.79 Å². The summed E-state index contributed by atoms with van der Waals surface area (Å²) in [6.07, 6.45) is 2.76. The van der Waals surface area contributed by atoms with E-state index in [4.69, 9.17) is 11.6 Å². The van der Waals surface area contributed by atoms with Gasteiger partial charge in [-0.15, -0.1) is 0 Å². The summed E-state index contributed by atoms with van der Waals surface area (Å²) in [5.41, 5.74) is 6.27. The highest BCUT2D eigenvalue weighted by Gasteiger charge is 2.28. The molecule has 0 unspecified atom stereocenters. The number of rotatable bonds is 6. The molecule has 0 saturated heterocycles. The molecule has 1 amide bonds. The molecular formula is C27H28ClN3O3S. The molecule has 0 radical (unpaired) electrons. The third kappa shape index (κ3) is 4.44. The lowest BCUT2D eigenvalue weighted by atomic mass is 10.0. The van der Waals surface area contributed by atoms with E-state index in [2.05, 4.69) is 29.2 Å². The Balaban J connectivity index is 1.34. The largest absolute Gasteiger partial charge is 0.341 e. The van der Waals surface area contributed by atoms with Crippen LogP contribution in [0.3, 0.4) is 0 Å². The summed E-state index contributed by atoms with van der Waals surface area (Å²) < 4.78 is 27.9. The molecule has 0 bridgehead atoms. The number of amides is 1. The highest BCUT2D eigenvalue weighted by Crippen LogP contribution is 2.37. The molecule has 0 N–H and O–H groups in total. The number of carbonyl (C=O) groups excluding carboxylic acids is 1. The Bertz CT molecular complexity index is 1410. The minimum Gasteiger partial charge on any atom is -0.341 e. The minimum atomic E-state index is -3.67. The predicted molar refractivity (Wildman–Crippen MR) is 140 cm³/mol. The molecule has 2 heterocycles. The fourth-order valence-corrected chi connectivity index (χ4v) is 6.41. The summed E-state index contributed by atoms with van der Waals surface area (Å²) in [5.74, 6) is -0.0268. The van der Waals surface area contributed by atoms with Gasteiger partial charge in [0.25, 0.3) is 0 Å². The van der Waals surface area contributed by atoms with E-state index in [0.29, 0.717) is 24.5 Å². The number of fused-ring (bicyclic) bond motifs is 3. The normalized spacial score (nSPS) is 15.1. The average molecular weight is 510 g/mol. The van der Waals surface area contributed by atoms with Crippen LogP contribution in [0.4, 0.5) is 17.1 Å². The Morgan fingerprint density at radius 2 is 1.66 bits per heavy atom. The average Bonchev–Trinajstić information content (AvgIpc) is 3.04. The Kier molecular flexibility index (Phi) is 6.34. The number of likely N-dealkylation sites (N-methyl/N-ethyl adjacent to an activating group) is 1. The first-order chi connectivity index (χ1) is 16.8. The van der Waals surface area contributed by atoms with E-state index in [1.165, 1.54) is 15.4 Å². The highest BCUT2D eigenvalue weighted by atomic mass is 35.5.